The monoisotopic (exact) mass is 1300 g/mol. The number of rotatable bonds is 26. The van der Waals surface area contributed by atoms with Gasteiger partial charge in [0.1, 0.15) is 18.3 Å². The zero-order valence-electron chi connectivity index (χ0n) is 51.7. The number of nitrogens with zero attached hydrogens (tertiary/aromatic N) is 6. The number of phosphoric ester groups is 1. The Morgan fingerprint density at radius 1 is 0.809 bits per heavy atom. The summed E-state index contributed by atoms with van der Waals surface area (Å²) in [7, 11) is -5.30. The van der Waals surface area contributed by atoms with Gasteiger partial charge in [-0.1, -0.05) is 52.8 Å². The van der Waals surface area contributed by atoms with E-state index in [4.69, 9.17) is 68.5 Å². The van der Waals surface area contributed by atoms with Crippen LogP contribution in [0.1, 0.15) is 139 Å². The van der Waals surface area contributed by atoms with E-state index in [2.05, 4.69) is 10.3 Å². The average Bonchev–Trinajstić information content (AvgIpc) is 1.54. The molecular weight excluding hydrogens is 1220 g/mol. The van der Waals surface area contributed by atoms with E-state index in [0.29, 0.717) is 56.4 Å². The van der Waals surface area contributed by atoms with Gasteiger partial charge in [0.2, 0.25) is 41.4 Å². The summed E-state index contributed by atoms with van der Waals surface area (Å²) >= 11 is 0. The van der Waals surface area contributed by atoms with Gasteiger partial charge in [-0.25, -0.2) is 4.98 Å². The number of imidazole rings is 1. The maximum absolute atomic E-state index is 14.3. The molecule has 486 valence electrons. The fourth-order valence-electron chi connectivity index (χ4n) is 15.0. The number of hydrogen-bond acceptors (Lipinski definition) is 18. The first-order chi connectivity index (χ1) is 41.0. The van der Waals surface area contributed by atoms with Crippen molar-refractivity contribution in [3.05, 3.63) is 70.2 Å². The molecule has 7 amide bonds. The van der Waals surface area contributed by atoms with Crippen molar-refractivity contribution >= 4 is 77.3 Å². The van der Waals surface area contributed by atoms with Gasteiger partial charge in [0, 0.05) is 108 Å². The Balaban J connectivity index is 0.0000113. The quantitative estimate of drug-likeness (QED) is 0.0612. The second-order valence-electron chi connectivity index (χ2n) is 26.1. The van der Waals surface area contributed by atoms with Crippen molar-refractivity contribution in [3.8, 4) is 0 Å². The molecule has 2 aromatic rings. The predicted octanol–water partition coefficient (Wildman–Crippen LogP) is 2.70. The van der Waals surface area contributed by atoms with Crippen LogP contribution in [0, 0.1) is 45.3 Å². The summed E-state index contributed by atoms with van der Waals surface area (Å²) in [4.78, 5) is 127. The molecule has 1 aromatic carbocycles. The number of ether oxygens (including phenoxy) is 1. The van der Waals surface area contributed by atoms with E-state index in [1.807, 2.05) is 47.6 Å². The van der Waals surface area contributed by atoms with Crippen molar-refractivity contribution in [2.24, 2.45) is 94.7 Å². The Bertz CT molecular complexity index is 3440. The number of carbonyl (C=O) groups excluding carboxylic acids is 7. The number of carbonyl (C=O) groups is 7. The standard InChI is InChI=1S/C60H86N13O14P.Co/c1-29(86-88(83,84)87-51-39(27-74)85-55(50(51)82)73-28-68-36-12-10-11-13-38(36)73)26-67-47(81)20-21-57(6)35(22-44(64)78)54-60(9)59(8,25-46(66)80)34(16-19-43(63)77)49(72-60)31(3)53-58(7,24-45(65)79)32(14-17-41(61)75)37(69-53)23-40-56(4,5)33(15-18-42(62)76)48(70-40)30(2)52(57)71-54;/h10-13,23,28-29,32-35,39,50-51,54-55,74,82H,14-22,24-27H2,1-9H3,(H15,61,62,63,64,65,66,67,69,70,71,72,75,76,77,78,79,80,81,83,84);/q;+3/p-2. The van der Waals surface area contributed by atoms with Crippen LogP contribution in [0.5, 0.6) is 0 Å². The summed E-state index contributed by atoms with van der Waals surface area (Å²) in [6.45, 7) is 15.1. The van der Waals surface area contributed by atoms with Gasteiger partial charge in [-0.3, -0.25) is 53.1 Å². The number of amides is 7. The third kappa shape index (κ3) is 13.5. The average molecular weight is 1300 g/mol. The molecule has 0 radical (unpaired) electrons. The summed E-state index contributed by atoms with van der Waals surface area (Å²) in [5, 5.41) is 29.9. The van der Waals surface area contributed by atoms with Crippen molar-refractivity contribution in [2.75, 3.05) is 13.2 Å². The molecule has 15 unspecified atom stereocenters. The van der Waals surface area contributed by atoms with Crippen molar-refractivity contribution in [1.29, 1.82) is 0 Å². The summed E-state index contributed by atoms with van der Waals surface area (Å²) in [5.41, 5.74) is 34.7. The summed E-state index contributed by atoms with van der Waals surface area (Å²) < 4.78 is 31.6. The SMILES string of the molecule is C/C1=C2N=C(/C=C3N=C(/C(C)=C4\[N-]C(C(CC(N)=O)C4(C)CCC(=O)NCC(C)OP(=O)([O-])OC4C(CO)OC(n5cnc6ccccc65)C4O)C4(C)N=C1C(CCC(N)=O)C4(C)CC(N)=O)C(CCC(N)=O)C\3(C)C)C(CCC(N)=O)C/2(C)CC(N)=O.[Co+3]. The number of fused-ring (bicyclic) bond motifs is 7. The Labute approximate surface area is 527 Å². The molecule has 0 saturated carbocycles. The van der Waals surface area contributed by atoms with E-state index < -0.39 is 143 Å². The van der Waals surface area contributed by atoms with E-state index in [1.54, 1.807) is 38.1 Å². The van der Waals surface area contributed by atoms with Crippen LogP contribution >= 0.6 is 7.82 Å². The van der Waals surface area contributed by atoms with Crippen molar-refractivity contribution in [1.82, 2.24) is 14.9 Å². The molecule has 0 spiro atoms. The summed E-state index contributed by atoms with van der Waals surface area (Å²) in [5.74, 6) is -7.40. The molecule has 1 aromatic heterocycles. The third-order valence-corrected chi connectivity index (χ3v) is 20.9. The smallest absolute Gasteiger partial charge is 0.756 e. The van der Waals surface area contributed by atoms with Crippen LogP contribution in [-0.4, -0.2) is 127 Å². The summed E-state index contributed by atoms with van der Waals surface area (Å²) in [6, 6.07) is 5.94. The second kappa shape index (κ2) is 26.4. The third-order valence-electron chi connectivity index (χ3n) is 19.8. The van der Waals surface area contributed by atoms with E-state index in [9.17, 15) is 53.2 Å². The van der Waals surface area contributed by atoms with Gasteiger partial charge in [-0.15, -0.1) is 0 Å². The number of aliphatic imine (C=N–C) groups is 3. The molecule has 27 nitrogen and oxygen atoms in total. The molecule has 8 rings (SSSR count). The Hall–Kier alpha value is -6.49. The molecule has 2 fully saturated rings. The molecule has 6 aliphatic heterocycles. The number of benzene rings is 1. The van der Waals surface area contributed by atoms with Crippen LogP contribution in [0.2, 0.25) is 0 Å². The molecule has 89 heavy (non-hydrogen) atoms. The minimum absolute atomic E-state index is 0. The van der Waals surface area contributed by atoms with Gasteiger partial charge in [-0.2, -0.15) is 5.70 Å². The van der Waals surface area contributed by atoms with E-state index in [0.717, 1.165) is 0 Å². The largest absolute Gasteiger partial charge is 3.00 e. The molecule has 2 saturated heterocycles. The van der Waals surface area contributed by atoms with Crippen LogP contribution in [0.25, 0.3) is 16.4 Å². The Morgan fingerprint density at radius 2 is 1.42 bits per heavy atom. The number of aliphatic hydroxyl groups excluding tert-OH is 2. The first-order valence-corrected chi connectivity index (χ1v) is 31.1. The molecule has 15 N–H and O–H groups in total. The van der Waals surface area contributed by atoms with E-state index >= 15 is 0 Å². The molecule has 0 aliphatic carbocycles. The van der Waals surface area contributed by atoms with Crippen molar-refractivity contribution < 1.29 is 83.8 Å². The van der Waals surface area contributed by atoms with Gasteiger partial charge < -0.3 is 78.5 Å². The topological polar surface area (TPSA) is 465 Å². The second-order valence-corrected chi connectivity index (χ2v) is 27.4. The van der Waals surface area contributed by atoms with E-state index in [1.165, 1.54) is 17.8 Å². The maximum Gasteiger partial charge on any atom is 3.00 e. The number of aromatic nitrogens is 2. The Morgan fingerprint density at radius 3 is 2.01 bits per heavy atom. The predicted molar refractivity (Wildman–Crippen MR) is 322 cm³/mol. The first kappa shape index (κ1) is 70.0. The molecular formula is C60H84CoN13O14P+. The number of aliphatic hydroxyl groups is 2. The Kier molecular flexibility index (Phi) is 20.7. The minimum Gasteiger partial charge on any atom is -0.756 e. The van der Waals surface area contributed by atoms with Gasteiger partial charge >= 0.3 is 16.8 Å². The molecule has 8 bridgehead atoms. The van der Waals surface area contributed by atoms with Crippen LogP contribution in [-0.2, 0) is 68.7 Å². The fourth-order valence-corrected chi connectivity index (χ4v) is 16.1. The summed E-state index contributed by atoms with van der Waals surface area (Å²) in [6.07, 6.45) is -4.78. The number of hydrogen-bond donors (Lipinski definition) is 9. The van der Waals surface area contributed by atoms with E-state index in [-0.39, 0.29) is 94.0 Å². The van der Waals surface area contributed by atoms with Crippen LogP contribution < -0.4 is 44.6 Å². The van der Waals surface area contributed by atoms with Gasteiger partial charge in [0.15, 0.2) is 6.23 Å². The minimum atomic E-state index is -5.30. The normalized spacial score (nSPS) is 34.3. The van der Waals surface area contributed by atoms with Gasteiger partial charge in [0.25, 0.3) is 7.82 Å². The molecule has 6 aliphatic rings. The van der Waals surface area contributed by atoms with Crippen LogP contribution in [0.3, 0.4) is 0 Å². The number of allylic oxidation sites excluding steroid dienone is 6. The number of nitrogens with one attached hydrogen (secondary N) is 1. The molecule has 15 atom stereocenters. The number of nitrogens with two attached hydrogens (primary N) is 6. The van der Waals surface area contributed by atoms with Crippen LogP contribution in [0.4, 0.5) is 0 Å². The van der Waals surface area contributed by atoms with Gasteiger partial charge in [0.05, 0.1) is 41.3 Å². The van der Waals surface area contributed by atoms with Crippen molar-refractivity contribution in [3.63, 3.8) is 0 Å². The molecule has 29 heteroatoms. The number of para-hydroxylation sites is 2. The number of phosphoric acid groups is 1. The fraction of sp³-hybridized carbons (Fsp3) is 0.617. The van der Waals surface area contributed by atoms with Gasteiger partial charge in [-0.05, 0) is 94.1 Å². The van der Waals surface area contributed by atoms with Crippen molar-refractivity contribution in [2.45, 2.75) is 175 Å². The van der Waals surface area contributed by atoms with Crippen LogP contribution in [0.15, 0.2) is 79.9 Å². The zero-order valence-corrected chi connectivity index (χ0v) is 53.6. The zero-order chi connectivity index (χ0) is 65.0. The maximum atomic E-state index is 14.3. The molecule has 7 heterocycles. The first-order valence-electron chi connectivity index (χ1n) is 29.7. The number of primary amides is 6.